The van der Waals surface area contributed by atoms with Crippen molar-refractivity contribution in [3.8, 4) is 0 Å². The lowest BCUT2D eigenvalue weighted by molar-refractivity contribution is -0.130. The summed E-state index contributed by atoms with van der Waals surface area (Å²) in [6, 6.07) is 0.410. The second-order valence-electron chi connectivity index (χ2n) is 5.32. The minimum absolute atomic E-state index is 0.0184. The average molecular weight is 255 g/mol. The van der Waals surface area contributed by atoms with E-state index in [-0.39, 0.29) is 11.8 Å². The number of amides is 2. The predicted molar refractivity (Wildman–Crippen MR) is 70.9 cm³/mol. The summed E-state index contributed by atoms with van der Waals surface area (Å²) >= 11 is 0. The van der Waals surface area contributed by atoms with E-state index in [1.54, 1.807) is 0 Å². The van der Waals surface area contributed by atoms with Crippen LogP contribution >= 0.6 is 0 Å². The van der Waals surface area contributed by atoms with Gasteiger partial charge < -0.3 is 16.4 Å². The third-order valence-electron chi connectivity index (χ3n) is 3.59. The molecule has 0 aromatic heterocycles. The minimum Gasteiger partial charge on any atom is -0.356 e. The molecule has 1 aliphatic carbocycles. The van der Waals surface area contributed by atoms with Crippen molar-refractivity contribution < 1.29 is 9.59 Å². The lowest BCUT2D eigenvalue weighted by Gasteiger charge is -2.24. The van der Waals surface area contributed by atoms with E-state index in [4.69, 9.17) is 5.73 Å². The number of nitrogens with one attached hydrogen (secondary N) is 2. The Morgan fingerprint density at radius 2 is 2.06 bits per heavy atom. The highest BCUT2D eigenvalue weighted by molar-refractivity contribution is 5.82. The van der Waals surface area contributed by atoms with Crippen LogP contribution in [0.25, 0.3) is 0 Å². The maximum atomic E-state index is 11.9. The summed E-state index contributed by atoms with van der Waals surface area (Å²) in [6.45, 7) is 4.70. The van der Waals surface area contributed by atoms with Crippen molar-refractivity contribution in [2.24, 2.45) is 11.1 Å². The van der Waals surface area contributed by atoms with Gasteiger partial charge >= 0.3 is 0 Å². The lowest BCUT2D eigenvalue weighted by atomic mass is 9.86. The Kier molecular flexibility index (Phi) is 5.59. The summed E-state index contributed by atoms with van der Waals surface area (Å²) in [7, 11) is 0. The molecule has 0 radical (unpaired) electrons. The van der Waals surface area contributed by atoms with Crippen molar-refractivity contribution in [3.05, 3.63) is 0 Å². The van der Waals surface area contributed by atoms with Crippen molar-refractivity contribution in [1.29, 1.82) is 0 Å². The molecular formula is C13H25N3O2. The zero-order chi connectivity index (χ0) is 13.6. The molecule has 1 atom stereocenters. The maximum absolute atomic E-state index is 11.9. The molecule has 1 saturated carbocycles. The highest BCUT2D eigenvalue weighted by atomic mass is 16.2. The fourth-order valence-corrected chi connectivity index (χ4v) is 1.59. The molecule has 5 nitrogen and oxygen atoms in total. The first-order valence-corrected chi connectivity index (χ1v) is 6.79. The van der Waals surface area contributed by atoms with Gasteiger partial charge in [-0.25, -0.2) is 0 Å². The maximum Gasteiger partial charge on any atom is 0.227 e. The molecule has 4 N–H and O–H groups in total. The van der Waals surface area contributed by atoms with E-state index in [1.807, 2.05) is 13.8 Å². The van der Waals surface area contributed by atoms with Crippen molar-refractivity contribution in [2.45, 2.75) is 52.0 Å². The summed E-state index contributed by atoms with van der Waals surface area (Å²) in [5.74, 6) is 0.0685. The fourth-order valence-electron chi connectivity index (χ4n) is 1.59. The normalized spacial score (nSPS) is 17.9. The summed E-state index contributed by atoms with van der Waals surface area (Å²) < 4.78 is 0. The molecule has 104 valence electrons. The number of rotatable bonds is 8. The largest absolute Gasteiger partial charge is 0.356 e. The van der Waals surface area contributed by atoms with Gasteiger partial charge in [-0.05, 0) is 32.6 Å². The first-order chi connectivity index (χ1) is 8.51. The molecule has 0 aromatic carbocycles. The van der Waals surface area contributed by atoms with Gasteiger partial charge in [0.05, 0.1) is 5.41 Å². The van der Waals surface area contributed by atoms with Crippen molar-refractivity contribution in [1.82, 2.24) is 10.6 Å². The third-order valence-corrected chi connectivity index (χ3v) is 3.59. The highest BCUT2D eigenvalue weighted by Crippen LogP contribution is 2.19. The van der Waals surface area contributed by atoms with Gasteiger partial charge in [0.2, 0.25) is 11.8 Å². The van der Waals surface area contributed by atoms with Crippen LogP contribution < -0.4 is 16.4 Å². The van der Waals surface area contributed by atoms with Crippen molar-refractivity contribution in [2.75, 3.05) is 13.1 Å². The molecule has 1 rings (SSSR count). The molecule has 2 amide bonds. The highest BCUT2D eigenvalue weighted by Gasteiger charge is 2.29. The monoisotopic (exact) mass is 255 g/mol. The van der Waals surface area contributed by atoms with Gasteiger partial charge in [0.15, 0.2) is 0 Å². The van der Waals surface area contributed by atoms with Crippen LogP contribution in [0.4, 0.5) is 0 Å². The zero-order valence-corrected chi connectivity index (χ0v) is 11.4. The SMILES string of the molecule is CCC(C)(CN)C(=O)NCCCC(=O)NC1CC1. The Hall–Kier alpha value is -1.10. The smallest absolute Gasteiger partial charge is 0.227 e. The van der Waals surface area contributed by atoms with E-state index in [0.717, 1.165) is 19.3 Å². The number of carbonyl (C=O) groups is 2. The van der Waals surface area contributed by atoms with E-state index in [0.29, 0.717) is 32.0 Å². The first-order valence-electron chi connectivity index (χ1n) is 6.79. The van der Waals surface area contributed by atoms with E-state index < -0.39 is 5.41 Å². The summed E-state index contributed by atoms with van der Waals surface area (Å²) in [6.07, 6.45) is 4.08. The van der Waals surface area contributed by atoms with Crippen LogP contribution in [0.2, 0.25) is 0 Å². The van der Waals surface area contributed by atoms with Crippen LogP contribution in [0.5, 0.6) is 0 Å². The minimum atomic E-state index is -0.490. The molecular weight excluding hydrogens is 230 g/mol. The lowest BCUT2D eigenvalue weighted by Crippen LogP contribution is -2.43. The van der Waals surface area contributed by atoms with Crippen molar-refractivity contribution in [3.63, 3.8) is 0 Å². The fraction of sp³-hybridized carbons (Fsp3) is 0.846. The molecule has 0 heterocycles. The van der Waals surface area contributed by atoms with E-state index in [9.17, 15) is 9.59 Å². The molecule has 5 heteroatoms. The van der Waals surface area contributed by atoms with Crippen LogP contribution in [0.1, 0.15) is 46.0 Å². The molecule has 0 saturated heterocycles. The van der Waals surface area contributed by atoms with Crippen molar-refractivity contribution >= 4 is 11.8 Å². The van der Waals surface area contributed by atoms with E-state index >= 15 is 0 Å². The van der Waals surface area contributed by atoms with Gasteiger partial charge in [-0.2, -0.15) is 0 Å². The van der Waals surface area contributed by atoms with Gasteiger partial charge in [0, 0.05) is 25.6 Å². The molecule has 0 aliphatic heterocycles. The Labute approximate surface area is 109 Å². The van der Waals surface area contributed by atoms with Gasteiger partial charge in [-0.15, -0.1) is 0 Å². The Balaban J connectivity index is 2.12. The molecule has 0 aromatic rings. The molecule has 1 fully saturated rings. The third kappa shape index (κ3) is 4.64. The van der Waals surface area contributed by atoms with Gasteiger partial charge in [0.1, 0.15) is 0 Å². The Bertz CT molecular complexity index is 297. The Morgan fingerprint density at radius 3 is 2.56 bits per heavy atom. The average Bonchev–Trinajstić information content (AvgIpc) is 3.17. The van der Waals surface area contributed by atoms with Gasteiger partial charge in [0.25, 0.3) is 0 Å². The van der Waals surface area contributed by atoms with Crippen LogP contribution in [-0.4, -0.2) is 30.9 Å². The van der Waals surface area contributed by atoms with Crippen LogP contribution in [-0.2, 0) is 9.59 Å². The standard InChI is InChI=1S/C13H25N3O2/c1-3-13(2,9-14)12(18)15-8-4-5-11(17)16-10-6-7-10/h10H,3-9,14H2,1-2H3,(H,15,18)(H,16,17). The topological polar surface area (TPSA) is 84.2 Å². The Morgan fingerprint density at radius 1 is 1.39 bits per heavy atom. The second kappa shape index (κ2) is 6.73. The number of hydrogen-bond acceptors (Lipinski definition) is 3. The quantitative estimate of drug-likeness (QED) is 0.553. The number of carbonyl (C=O) groups excluding carboxylic acids is 2. The molecule has 1 aliphatic rings. The molecule has 18 heavy (non-hydrogen) atoms. The molecule has 0 bridgehead atoms. The van der Waals surface area contributed by atoms with Crippen LogP contribution in [0, 0.1) is 5.41 Å². The predicted octanol–water partition coefficient (Wildman–Crippen LogP) is 0.536. The summed E-state index contributed by atoms with van der Waals surface area (Å²) in [5, 5.41) is 5.77. The van der Waals surface area contributed by atoms with Gasteiger partial charge in [-0.3, -0.25) is 9.59 Å². The molecule has 1 unspecified atom stereocenters. The second-order valence-corrected chi connectivity index (χ2v) is 5.32. The first kappa shape index (κ1) is 15.0. The van der Waals surface area contributed by atoms with Crippen LogP contribution in [0.3, 0.4) is 0 Å². The number of hydrogen-bond donors (Lipinski definition) is 3. The summed E-state index contributed by atoms with van der Waals surface area (Å²) in [4.78, 5) is 23.3. The van der Waals surface area contributed by atoms with E-state index in [2.05, 4.69) is 10.6 Å². The van der Waals surface area contributed by atoms with E-state index in [1.165, 1.54) is 0 Å². The summed E-state index contributed by atoms with van der Waals surface area (Å²) in [5.41, 5.74) is 5.12. The zero-order valence-electron chi connectivity index (χ0n) is 11.4. The number of nitrogens with two attached hydrogens (primary N) is 1. The molecule has 0 spiro atoms. The van der Waals surface area contributed by atoms with Crippen LogP contribution in [0.15, 0.2) is 0 Å². The van der Waals surface area contributed by atoms with Gasteiger partial charge in [-0.1, -0.05) is 6.92 Å².